The minimum absolute atomic E-state index is 0. The zero-order valence-corrected chi connectivity index (χ0v) is 14.3. The van der Waals surface area contributed by atoms with Crippen LogP contribution >= 0.6 is 12.4 Å². The first kappa shape index (κ1) is 21.1. The summed E-state index contributed by atoms with van der Waals surface area (Å²) in [7, 11) is -4.02. The monoisotopic (exact) mass is 390 g/mol. The van der Waals surface area contributed by atoms with Gasteiger partial charge in [0.1, 0.15) is 5.82 Å². The highest BCUT2D eigenvalue weighted by molar-refractivity contribution is 7.89. The van der Waals surface area contributed by atoms with Gasteiger partial charge in [-0.1, -0.05) is 0 Å². The molecule has 1 aromatic carbocycles. The minimum atomic E-state index is -4.85. The van der Waals surface area contributed by atoms with Gasteiger partial charge in [-0.25, -0.2) is 17.5 Å². The molecule has 1 fully saturated rings. The summed E-state index contributed by atoms with van der Waals surface area (Å²) in [5, 5.41) is 3.21. The van der Waals surface area contributed by atoms with Gasteiger partial charge < -0.3 is 5.32 Å². The molecule has 1 aliphatic heterocycles. The smallest absolute Gasteiger partial charge is 0.316 e. The molecular weight excluding hydrogens is 372 g/mol. The SMILES string of the molecule is Cl.O=S(=O)(NCCC1CCCNC1)c1ccc(C(F)(F)F)c(F)c1. The summed E-state index contributed by atoms with van der Waals surface area (Å²) in [4.78, 5) is -0.509. The third-order valence-corrected chi connectivity index (χ3v) is 5.26. The van der Waals surface area contributed by atoms with E-state index in [0.717, 1.165) is 32.0 Å². The third-order valence-electron chi connectivity index (χ3n) is 3.80. The molecule has 1 heterocycles. The summed E-state index contributed by atoms with van der Waals surface area (Å²) in [6, 6.07) is 1.60. The maximum Gasteiger partial charge on any atom is 0.419 e. The van der Waals surface area contributed by atoms with Crippen molar-refractivity contribution < 1.29 is 26.0 Å². The fourth-order valence-corrected chi connectivity index (χ4v) is 3.60. The van der Waals surface area contributed by atoms with Gasteiger partial charge in [0.05, 0.1) is 10.5 Å². The normalized spacial score (nSPS) is 18.9. The predicted octanol–water partition coefficient (Wildman–Crippen LogP) is 2.93. The van der Waals surface area contributed by atoms with Crippen molar-refractivity contribution in [3.8, 4) is 0 Å². The Kier molecular flexibility index (Phi) is 7.45. The van der Waals surface area contributed by atoms with Crippen LogP contribution in [0, 0.1) is 11.7 Å². The summed E-state index contributed by atoms with van der Waals surface area (Å²) < 4.78 is 77.2. The van der Waals surface area contributed by atoms with Crippen molar-refractivity contribution in [2.45, 2.75) is 30.3 Å². The van der Waals surface area contributed by atoms with Gasteiger partial charge in [-0.3, -0.25) is 0 Å². The second kappa shape index (κ2) is 8.46. The molecule has 0 aromatic heterocycles. The van der Waals surface area contributed by atoms with E-state index in [9.17, 15) is 26.0 Å². The molecule has 1 atom stereocenters. The number of piperidine rings is 1. The lowest BCUT2D eigenvalue weighted by atomic mass is 9.96. The van der Waals surface area contributed by atoms with Gasteiger partial charge in [0.2, 0.25) is 10.0 Å². The molecule has 0 saturated carbocycles. The number of hydrogen-bond acceptors (Lipinski definition) is 3. The number of halogens is 5. The first-order valence-electron chi connectivity index (χ1n) is 7.27. The lowest BCUT2D eigenvalue weighted by Gasteiger charge is -2.22. The fourth-order valence-electron chi connectivity index (χ4n) is 2.54. The number of benzene rings is 1. The second-order valence-corrected chi connectivity index (χ2v) is 7.31. The number of rotatable bonds is 5. The molecule has 138 valence electrons. The Balaban J connectivity index is 0.00000288. The van der Waals surface area contributed by atoms with Crippen LogP contribution in [-0.2, 0) is 16.2 Å². The highest BCUT2D eigenvalue weighted by atomic mass is 35.5. The maximum atomic E-state index is 13.5. The zero-order chi connectivity index (χ0) is 17.1. The lowest BCUT2D eigenvalue weighted by molar-refractivity contribution is -0.140. The Morgan fingerprint density at radius 1 is 1.29 bits per heavy atom. The maximum absolute atomic E-state index is 13.5. The Labute approximate surface area is 144 Å². The van der Waals surface area contributed by atoms with Crippen molar-refractivity contribution in [1.29, 1.82) is 0 Å². The average molecular weight is 391 g/mol. The van der Waals surface area contributed by atoms with Gasteiger partial charge in [0.25, 0.3) is 0 Å². The van der Waals surface area contributed by atoms with Crippen LogP contribution < -0.4 is 10.0 Å². The van der Waals surface area contributed by atoms with Crippen molar-refractivity contribution in [3.05, 3.63) is 29.6 Å². The van der Waals surface area contributed by atoms with Crippen LogP contribution in [0.4, 0.5) is 17.6 Å². The number of hydrogen-bond donors (Lipinski definition) is 2. The van der Waals surface area contributed by atoms with E-state index >= 15 is 0 Å². The summed E-state index contributed by atoms with van der Waals surface area (Å²) in [6.07, 6.45) is -2.20. The van der Waals surface area contributed by atoms with Gasteiger partial charge >= 0.3 is 6.18 Å². The van der Waals surface area contributed by atoms with Crippen LogP contribution in [0.1, 0.15) is 24.8 Å². The van der Waals surface area contributed by atoms with Gasteiger partial charge in [0.15, 0.2) is 0 Å². The molecule has 1 aromatic rings. The van der Waals surface area contributed by atoms with Crippen LogP contribution in [-0.4, -0.2) is 28.1 Å². The molecule has 0 radical (unpaired) electrons. The van der Waals surface area contributed by atoms with E-state index in [1.54, 1.807) is 0 Å². The molecule has 0 aliphatic carbocycles. The molecule has 10 heteroatoms. The first-order chi connectivity index (χ1) is 10.7. The summed E-state index contributed by atoms with van der Waals surface area (Å²) in [5.74, 6) is -1.24. The highest BCUT2D eigenvalue weighted by Crippen LogP contribution is 2.32. The molecule has 0 bridgehead atoms. The van der Waals surface area contributed by atoms with Crippen molar-refractivity contribution >= 4 is 22.4 Å². The van der Waals surface area contributed by atoms with Crippen LogP contribution in [0.3, 0.4) is 0 Å². The Bertz CT molecular complexity index is 647. The van der Waals surface area contributed by atoms with Crippen molar-refractivity contribution in [2.75, 3.05) is 19.6 Å². The zero-order valence-electron chi connectivity index (χ0n) is 12.7. The van der Waals surface area contributed by atoms with Crippen LogP contribution in [0.2, 0.25) is 0 Å². The molecule has 24 heavy (non-hydrogen) atoms. The lowest BCUT2D eigenvalue weighted by Crippen LogP contribution is -2.33. The van der Waals surface area contributed by atoms with E-state index < -0.39 is 32.5 Å². The average Bonchev–Trinajstić information content (AvgIpc) is 2.46. The molecule has 1 aliphatic rings. The van der Waals surface area contributed by atoms with E-state index in [4.69, 9.17) is 0 Å². The molecule has 4 nitrogen and oxygen atoms in total. The second-order valence-electron chi connectivity index (χ2n) is 5.54. The van der Waals surface area contributed by atoms with E-state index in [1.165, 1.54) is 0 Å². The first-order valence-corrected chi connectivity index (χ1v) is 8.75. The Hall–Kier alpha value is -0.900. The molecule has 0 spiro atoms. The van der Waals surface area contributed by atoms with E-state index in [1.807, 2.05) is 0 Å². The van der Waals surface area contributed by atoms with Gasteiger partial charge in [0, 0.05) is 6.54 Å². The molecule has 1 unspecified atom stereocenters. The minimum Gasteiger partial charge on any atom is -0.316 e. The highest BCUT2D eigenvalue weighted by Gasteiger charge is 2.34. The summed E-state index contributed by atoms with van der Waals surface area (Å²) in [6.45, 7) is 1.93. The summed E-state index contributed by atoms with van der Waals surface area (Å²) in [5.41, 5.74) is -1.48. The van der Waals surface area contributed by atoms with Crippen molar-refractivity contribution in [3.63, 3.8) is 0 Å². The quantitative estimate of drug-likeness (QED) is 0.760. The third kappa shape index (κ3) is 5.58. The number of alkyl halides is 3. The van der Waals surface area contributed by atoms with Crippen LogP contribution in [0.25, 0.3) is 0 Å². The van der Waals surface area contributed by atoms with E-state index in [0.29, 0.717) is 24.5 Å². The molecule has 2 rings (SSSR count). The van der Waals surface area contributed by atoms with E-state index in [2.05, 4.69) is 10.0 Å². The molecular formula is C14H19ClF4N2O2S. The van der Waals surface area contributed by atoms with E-state index in [-0.39, 0.29) is 19.0 Å². The molecule has 0 amide bonds. The Morgan fingerprint density at radius 2 is 2.00 bits per heavy atom. The fraction of sp³-hybridized carbons (Fsp3) is 0.571. The standard InChI is InChI=1S/C14H18F4N2O2S.ClH/c15-13-8-11(3-4-12(13)14(16,17)18)23(21,22)20-7-5-10-2-1-6-19-9-10;/h3-4,8,10,19-20H,1-2,5-7,9H2;1H. The van der Waals surface area contributed by atoms with Gasteiger partial charge in [-0.15, -0.1) is 12.4 Å². The Morgan fingerprint density at radius 3 is 2.54 bits per heavy atom. The molecule has 1 saturated heterocycles. The molecule has 2 N–H and O–H groups in total. The van der Waals surface area contributed by atoms with Crippen LogP contribution in [0.5, 0.6) is 0 Å². The summed E-state index contributed by atoms with van der Waals surface area (Å²) >= 11 is 0. The number of sulfonamides is 1. The largest absolute Gasteiger partial charge is 0.419 e. The number of nitrogens with one attached hydrogen (secondary N) is 2. The van der Waals surface area contributed by atoms with Gasteiger partial charge in [-0.05, 0) is 56.5 Å². The van der Waals surface area contributed by atoms with Crippen molar-refractivity contribution in [2.24, 2.45) is 5.92 Å². The van der Waals surface area contributed by atoms with Crippen molar-refractivity contribution in [1.82, 2.24) is 10.0 Å². The predicted molar refractivity (Wildman–Crippen MR) is 84.0 cm³/mol. The van der Waals surface area contributed by atoms with Crippen LogP contribution in [0.15, 0.2) is 23.1 Å². The topological polar surface area (TPSA) is 58.2 Å². The van der Waals surface area contributed by atoms with Gasteiger partial charge in [-0.2, -0.15) is 13.2 Å².